The van der Waals surface area contributed by atoms with Gasteiger partial charge >= 0.3 is 0 Å². The molecule has 0 aromatic heterocycles. The molecule has 0 heterocycles. The zero-order valence-corrected chi connectivity index (χ0v) is 19.5. The first kappa shape index (κ1) is 24.1. The Hall–Kier alpha value is -2.58. The molecule has 3 rings (SSSR count). The van der Waals surface area contributed by atoms with E-state index in [-0.39, 0.29) is 18.0 Å². The zero-order valence-electron chi connectivity index (χ0n) is 17.9. The molecule has 0 aliphatic rings. The van der Waals surface area contributed by atoms with Crippen molar-refractivity contribution in [3.05, 3.63) is 88.9 Å². The van der Waals surface area contributed by atoms with Crippen LogP contribution >= 0.6 is 11.6 Å². The number of sulfonamides is 1. The number of methoxy groups -OCH3 is 2. The number of aliphatic hydroxyl groups excluding tert-OH is 1. The smallest absolute Gasteiger partial charge is 0.243 e. The van der Waals surface area contributed by atoms with Gasteiger partial charge in [-0.25, -0.2) is 8.42 Å². The van der Waals surface area contributed by atoms with Gasteiger partial charge in [0.1, 0.15) is 0 Å². The Bertz CT molecular complexity index is 1120. The molecular weight excluding hydrogens is 450 g/mol. The fourth-order valence-corrected chi connectivity index (χ4v) is 5.18. The molecule has 0 amide bonds. The first-order valence-electron chi connectivity index (χ1n) is 10.0. The molecule has 0 spiro atoms. The monoisotopic (exact) mass is 475 g/mol. The number of hydrogen-bond acceptors (Lipinski definition) is 5. The summed E-state index contributed by atoms with van der Waals surface area (Å²) in [5.41, 5.74) is 1.63. The Morgan fingerprint density at radius 3 is 2.16 bits per heavy atom. The molecule has 1 unspecified atom stereocenters. The van der Waals surface area contributed by atoms with E-state index in [4.69, 9.17) is 21.1 Å². The Morgan fingerprint density at radius 2 is 1.56 bits per heavy atom. The molecule has 170 valence electrons. The van der Waals surface area contributed by atoms with Gasteiger partial charge in [0, 0.05) is 11.6 Å². The SMILES string of the molecule is COc1ccc(CN(C(CO)Cc2ccccc2)S(=O)(=O)c2ccc(Cl)cc2)cc1OC. The second-order valence-corrected chi connectivity index (χ2v) is 9.55. The van der Waals surface area contributed by atoms with Crippen molar-refractivity contribution in [3.63, 3.8) is 0 Å². The van der Waals surface area contributed by atoms with E-state index in [1.807, 2.05) is 30.3 Å². The molecule has 0 aliphatic carbocycles. The van der Waals surface area contributed by atoms with Crippen LogP contribution in [-0.4, -0.2) is 44.7 Å². The topological polar surface area (TPSA) is 76.1 Å². The van der Waals surface area contributed by atoms with Crippen LogP contribution in [0.25, 0.3) is 0 Å². The average Bonchev–Trinajstić information content (AvgIpc) is 2.82. The van der Waals surface area contributed by atoms with Gasteiger partial charge in [0.15, 0.2) is 11.5 Å². The minimum atomic E-state index is -3.94. The highest BCUT2D eigenvalue weighted by molar-refractivity contribution is 7.89. The van der Waals surface area contributed by atoms with Crippen LogP contribution in [0.4, 0.5) is 0 Å². The molecule has 6 nitrogen and oxygen atoms in total. The molecule has 0 fully saturated rings. The molecule has 1 atom stereocenters. The van der Waals surface area contributed by atoms with Crippen molar-refractivity contribution in [2.45, 2.75) is 23.9 Å². The van der Waals surface area contributed by atoms with Crippen molar-refractivity contribution in [2.75, 3.05) is 20.8 Å². The Kier molecular flexibility index (Phi) is 8.15. The van der Waals surface area contributed by atoms with Crippen LogP contribution in [0, 0.1) is 0 Å². The number of nitrogens with zero attached hydrogens (tertiary/aromatic N) is 1. The molecule has 8 heteroatoms. The fraction of sp³-hybridized carbons (Fsp3) is 0.250. The van der Waals surface area contributed by atoms with Gasteiger partial charge in [-0.2, -0.15) is 4.31 Å². The first-order valence-corrected chi connectivity index (χ1v) is 11.8. The molecule has 0 bridgehead atoms. The lowest BCUT2D eigenvalue weighted by molar-refractivity contribution is 0.182. The van der Waals surface area contributed by atoms with E-state index >= 15 is 0 Å². The normalized spacial score (nSPS) is 12.5. The molecule has 3 aromatic rings. The third kappa shape index (κ3) is 5.61. The highest BCUT2D eigenvalue weighted by Crippen LogP contribution is 2.30. The molecule has 0 radical (unpaired) electrons. The predicted octanol–water partition coefficient (Wildman–Crippen LogP) is 4.15. The first-order chi connectivity index (χ1) is 15.4. The van der Waals surface area contributed by atoms with E-state index in [1.54, 1.807) is 18.2 Å². The number of ether oxygens (including phenoxy) is 2. The molecule has 0 saturated carbocycles. The van der Waals surface area contributed by atoms with Crippen molar-refractivity contribution in [2.24, 2.45) is 0 Å². The highest BCUT2D eigenvalue weighted by Gasteiger charge is 2.32. The lowest BCUT2D eigenvalue weighted by atomic mass is 10.1. The Balaban J connectivity index is 2.02. The molecule has 0 aliphatic heterocycles. The predicted molar refractivity (Wildman–Crippen MR) is 125 cm³/mol. The molecular formula is C24H26ClNO5S. The van der Waals surface area contributed by atoms with Crippen LogP contribution in [0.5, 0.6) is 11.5 Å². The van der Waals surface area contributed by atoms with Gasteiger partial charge in [-0.1, -0.05) is 48.0 Å². The van der Waals surface area contributed by atoms with Crippen LogP contribution in [-0.2, 0) is 23.0 Å². The maximum Gasteiger partial charge on any atom is 0.243 e. The Labute approximate surface area is 194 Å². The number of aliphatic hydroxyl groups is 1. The quantitative estimate of drug-likeness (QED) is 0.476. The van der Waals surface area contributed by atoms with Gasteiger partial charge in [-0.05, 0) is 53.9 Å². The lowest BCUT2D eigenvalue weighted by Gasteiger charge is -2.30. The van der Waals surface area contributed by atoms with E-state index in [0.717, 1.165) is 5.56 Å². The lowest BCUT2D eigenvalue weighted by Crippen LogP contribution is -2.43. The maximum atomic E-state index is 13.6. The summed E-state index contributed by atoms with van der Waals surface area (Å²) in [6, 6.07) is 20.1. The largest absolute Gasteiger partial charge is 0.493 e. The second kappa shape index (κ2) is 10.8. The van der Waals surface area contributed by atoms with Crippen LogP contribution in [0.1, 0.15) is 11.1 Å². The van der Waals surface area contributed by atoms with Crippen molar-refractivity contribution in [3.8, 4) is 11.5 Å². The third-order valence-corrected chi connectivity index (χ3v) is 7.30. The summed E-state index contributed by atoms with van der Waals surface area (Å²) in [5, 5.41) is 10.6. The molecule has 0 saturated heterocycles. The minimum Gasteiger partial charge on any atom is -0.493 e. The average molecular weight is 476 g/mol. The van der Waals surface area contributed by atoms with Crippen LogP contribution in [0.3, 0.4) is 0 Å². The highest BCUT2D eigenvalue weighted by atomic mass is 35.5. The van der Waals surface area contributed by atoms with E-state index in [0.29, 0.717) is 28.5 Å². The summed E-state index contributed by atoms with van der Waals surface area (Å²) in [7, 11) is -0.878. The van der Waals surface area contributed by atoms with Crippen LogP contribution < -0.4 is 9.47 Å². The van der Waals surface area contributed by atoms with Gasteiger partial charge in [-0.15, -0.1) is 0 Å². The van der Waals surface area contributed by atoms with Crippen LogP contribution in [0.15, 0.2) is 77.7 Å². The summed E-state index contributed by atoms with van der Waals surface area (Å²) in [4.78, 5) is 0.105. The fourth-order valence-electron chi connectivity index (χ4n) is 3.45. The molecule has 3 aromatic carbocycles. The Morgan fingerprint density at radius 1 is 0.906 bits per heavy atom. The summed E-state index contributed by atoms with van der Waals surface area (Å²) >= 11 is 5.96. The van der Waals surface area contributed by atoms with Gasteiger partial charge < -0.3 is 14.6 Å². The second-order valence-electron chi connectivity index (χ2n) is 7.22. The van der Waals surface area contributed by atoms with E-state index in [1.165, 1.54) is 42.8 Å². The standard InChI is InChI=1S/C24H26ClNO5S/c1-30-23-13-8-19(15-24(23)31-2)16-26(21(17-27)14-18-6-4-3-5-7-18)32(28,29)22-11-9-20(25)10-12-22/h3-13,15,21,27H,14,16-17H2,1-2H3. The number of benzene rings is 3. The van der Waals surface area contributed by atoms with Crippen molar-refractivity contribution in [1.29, 1.82) is 0 Å². The van der Waals surface area contributed by atoms with Gasteiger partial charge in [0.25, 0.3) is 0 Å². The van der Waals surface area contributed by atoms with Crippen LogP contribution in [0.2, 0.25) is 5.02 Å². The van der Waals surface area contributed by atoms with E-state index < -0.39 is 16.1 Å². The molecule has 32 heavy (non-hydrogen) atoms. The van der Waals surface area contributed by atoms with Crippen molar-refractivity contribution < 1.29 is 23.0 Å². The maximum absolute atomic E-state index is 13.6. The molecule has 1 N–H and O–H groups in total. The third-order valence-electron chi connectivity index (χ3n) is 5.14. The van der Waals surface area contributed by atoms with Gasteiger partial charge in [0.2, 0.25) is 10.0 Å². The van der Waals surface area contributed by atoms with Gasteiger partial charge in [0.05, 0.1) is 31.8 Å². The number of rotatable bonds is 10. The van der Waals surface area contributed by atoms with Crippen molar-refractivity contribution in [1.82, 2.24) is 4.31 Å². The summed E-state index contributed by atoms with van der Waals surface area (Å²) < 4.78 is 39.2. The number of hydrogen-bond donors (Lipinski definition) is 1. The van der Waals surface area contributed by atoms with Crippen molar-refractivity contribution >= 4 is 21.6 Å². The van der Waals surface area contributed by atoms with E-state index in [2.05, 4.69) is 0 Å². The van der Waals surface area contributed by atoms with E-state index in [9.17, 15) is 13.5 Å². The number of halogens is 1. The zero-order chi connectivity index (χ0) is 23.1. The summed E-state index contributed by atoms with van der Waals surface area (Å²) in [6.45, 7) is -0.293. The summed E-state index contributed by atoms with van der Waals surface area (Å²) in [5.74, 6) is 1.05. The van der Waals surface area contributed by atoms with Gasteiger partial charge in [-0.3, -0.25) is 0 Å². The minimum absolute atomic E-state index is 0.0450. The summed E-state index contributed by atoms with van der Waals surface area (Å²) in [6.07, 6.45) is 0.359.